The van der Waals surface area contributed by atoms with Gasteiger partial charge in [0.1, 0.15) is 20.1 Å². The van der Waals surface area contributed by atoms with Crippen molar-refractivity contribution in [2.75, 3.05) is 101 Å². The Morgan fingerprint density at radius 2 is 0.947 bits per heavy atom. The largest absolute Gasteiger partial charge is 0.221 e. The van der Waals surface area contributed by atoms with Crippen molar-refractivity contribution in [1.29, 1.82) is 0 Å². The van der Waals surface area contributed by atoms with E-state index in [9.17, 15) is 25.2 Å². The molecule has 6 heterocycles. The monoisotopic (exact) mass is 1240 g/mol. The van der Waals surface area contributed by atoms with Gasteiger partial charge in [-0.1, -0.05) is 11.2 Å². The summed E-state index contributed by atoms with van der Waals surface area (Å²) in [7, 11) is -18.6. The minimum absolute atomic E-state index is 0.347. The van der Waals surface area contributed by atoms with Gasteiger partial charge in [-0.3, -0.25) is 0 Å². The third kappa shape index (κ3) is 9.20. The number of quaternary nitrogens is 1. The van der Waals surface area contributed by atoms with Crippen LogP contribution in [0.5, 0.6) is 0 Å². The Hall–Kier alpha value is 5.39. The van der Waals surface area contributed by atoms with Crippen LogP contribution in [0.2, 0.25) is 0 Å². The molecule has 0 aliphatic carbocycles. The summed E-state index contributed by atoms with van der Waals surface area (Å²) in [5, 5.41) is 0. The van der Waals surface area contributed by atoms with E-state index in [4.69, 9.17) is 110 Å². The Morgan fingerprint density at radius 1 is 0.561 bits per heavy atom. The van der Waals surface area contributed by atoms with Crippen LogP contribution < -0.4 is 4.21 Å². The van der Waals surface area contributed by atoms with E-state index in [1.165, 1.54) is 4.10 Å². The summed E-state index contributed by atoms with van der Waals surface area (Å²) in [6.07, 6.45) is 0. The van der Waals surface area contributed by atoms with Gasteiger partial charge in [0.05, 0.1) is 7.21 Å². The normalized spacial score (nSPS) is 41.1. The molecule has 0 spiro atoms. The van der Waals surface area contributed by atoms with Gasteiger partial charge in [-0.25, -0.2) is 13.1 Å². The first-order valence-corrected chi connectivity index (χ1v) is 49.1. The molecule has 6 aliphatic heterocycles. The van der Waals surface area contributed by atoms with E-state index in [1.54, 1.807) is 6.92 Å². The number of hydrogen-bond donors (Lipinski definition) is 1. The first kappa shape index (κ1) is 56.7. The van der Waals surface area contributed by atoms with Crippen LogP contribution in [0.25, 0.3) is 0 Å². The molecular formula is C17H50Cl9F6N13P12+4. The molecule has 0 bridgehead atoms. The van der Waals surface area contributed by atoms with Crippen LogP contribution in [0.1, 0.15) is 13.8 Å². The smallest absolute Gasteiger partial charge is 0.202 e. The van der Waals surface area contributed by atoms with E-state index in [-0.39, 0.29) is 13.3 Å². The topological polar surface area (TPSA) is 97.3 Å². The molecule has 6 aliphatic rings. The zero-order valence-corrected chi connectivity index (χ0v) is 50.9. The van der Waals surface area contributed by atoms with E-state index >= 15 is 0 Å². The van der Waals surface area contributed by atoms with Crippen molar-refractivity contribution in [1.82, 2.24) is 13.3 Å². The maximum absolute atomic E-state index is 14.0. The summed E-state index contributed by atoms with van der Waals surface area (Å²) < 4.78 is 113. The van der Waals surface area contributed by atoms with Crippen molar-refractivity contribution in [3.05, 3.63) is 0 Å². The molecule has 0 amide bonds. The van der Waals surface area contributed by atoms with Crippen LogP contribution in [0.4, 0.5) is 25.2 Å². The number of hydrogen-bond acceptors (Lipinski definition) is 9. The number of nitrogens with zero attached hydrogens (tertiary/aromatic N) is 12. The molecule has 3 unspecified atom stereocenters. The average molecular weight is 1240 g/mol. The first-order chi connectivity index (χ1) is 24.5. The molecule has 0 saturated carbocycles. The number of rotatable bonds is 2. The third-order valence-corrected chi connectivity index (χ3v) is 69.8. The van der Waals surface area contributed by atoms with Crippen LogP contribution in [0.3, 0.4) is 0 Å². The van der Waals surface area contributed by atoms with Gasteiger partial charge in [-0.2, -0.15) is 17.2 Å². The summed E-state index contributed by atoms with van der Waals surface area (Å²) in [6, 6.07) is 0. The van der Waals surface area contributed by atoms with E-state index in [0.29, 0.717) is 27.7 Å². The summed E-state index contributed by atoms with van der Waals surface area (Å²) in [6.45, 7) is 18.2. The van der Waals surface area contributed by atoms with Crippen molar-refractivity contribution in [3.8, 4) is 0 Å². The molecular weight excluding hydrogens is 1190 g/mol. The maximum atomic E-state index is 14.0. The van der Waals surface area contributed by atoms with E-state index < -0.39 is 86.3 Å². The molecule has 344 valence electrons. The third-order valence-electron chi connectivity index (χ3n) is 9.29. The van der Waals surface area contributed by atoms with Gasteiger partial charge in [0.25, 0.3) is 19.0 Å². The Balaban J connectivity index is 0.000000204. The molecule has 0 aromatic rings. The molecule has 0 aromatic heterocycles. The van der Waals surface area contributed by atoms with Crippen LogP contribution in [-0.2, 0) is 0 Å². The van der Waals surface area contributed by atoms with E-state index in [2.05, 4.69) is 69.2 Å². The average Bonchev–Trinajstić information content (AvgIpc) is 2.90. The Labute approximate surface area is 377 Å². The van der Waals surface area contributed by atoms with Crippen molar-refractivity contribution in [3.63, 3.8) is 0 Å². The van der Waals surface area contributed by atoms with Gasteiger partial charge in [-0.05, 0) is 72.1 Å². The standard InChI is InChI=1S/C7H21N3P3.C5H14Cl3N3P3.C3H9F6N4P3.C2H5Cl6N3P3/c1-10-12(4,5)8-11(2,3)9-13(10,6)7;1-5-11-13(3,7)9-12(2,6)10-14(11,4)8;1-10-14(4,5)11(2)16(8,9)12(3)15(10,6,7)13(14)16;1-2-11-13(5,6)9-12(3,4)10-14(11,7)8/h1-7H3;5H2,1-4H3;1-3H3;2H2,1H3/q2*+1;;+1/p+1. The maximum Gasteiger partial charge on any atom is 0.202 e. The quantitative estimate of drug-likeness (QED) is 0.220. The van der Waals surface area contributed by atoms with Crippen molar-refractivity contribution < 1.29 is 41.7 Å². The summed E-state index contributed by atoms with van der Waals surface area (Å²) >= 11 is 54.6. The van der Waals surface area contributed by atoms with Crippen LogP contribution in [-0.4, -0.2) is 127 Å². The molecule has 0 radical (unpaired) electrons. The van der Waals surface area contributed by atoms with Crippen LogP contribution >= 0.6 is 183 Å². The molecule has 3 fully saturated rings. The molecule has 40 heteroatoms. The van der Waals surface area contributed by atoms with Gasteiger partial charge in [-0.15, -0.1) is 9.03 Å². The second-order valence-electron chi connectivity index (χ2n) is 14.5. The van der Waals surface area contributed by atoms with Gasteiger partial charge >= 0.3 is 98.7 Å². The molecule has 3 atom stereocenters. The minimum atomic E-state index is -6.25. The zero-order valence-electron chi connectivity index (χ0n) is 33.3. The predicted octanol–water partition coefficient (Wildman–Crippen LogP) is 19.7. The van der Waals surface area contributed by atoms with Crippen LogP contribution in [0.15, 0.2) is 27.1 Å². The minimum Gasteiger partial charge on any atom is -0.221 e. The summed E-state index contributed by atoms with van der Waals surface area (Å²) in [4.78, 5) is 0. The van der Waals surface area contributed by atoms with Gasteiger partial charge in [0.15, 0.2) is 6.56 Å². The second kappa shape index (κ2) is 16.0. The molecule has 3 saturated heterocycles. The Morgan fingerprint density at radius 3 is 1.26 bits per heavy atom. The van der Waals surface area contributed by atoms with Crippen molar-refractivity contribution in [2.24, 2.45) is 27.1 Å². The van der Waals surface area contributed by atoms with Gasteiger partial charge < -0.3 is 0 Å². The predicted molar refractivity (Wildman–Crippen MR) is 262 cm³/mol. The van der Waals surface area contributed by atoms with Gasteiger partial charge in [0, 0.05) is 91.6 Å². The summed E-state index contributed by atoms with van der Waals surface area (Å²) in [5.74, 6) is -8.53. The molecule has 13 nitrogen and oxygen atoms in total. The molecule has 6 rings (SSSR count). The van der Waals surface area contributed by atoms with E-state index in [0.717, 1.165) is 6.54 Å². The van der Waals surface area contributed by atoms with E-state index in [1.807, 2.05) is 31.0 Å². The van der Waals surface area contributed by atoms with Gasteiger partial charge in [0.2, 0.25) is 14.4 Å². The zero-order chi connectivity index (χ0) is 45.5. The Bertz CT molecular complexity index is 2150. The fourth-order valence-electron chi connectivity index (χ4n) is 6.92. The Kier molecular flexibility index (Phi) is 15.9. The number of halogens is 15. The number of nitrogens with one attached hydrogen (secondary N) is 1. The molecule has 57 heavy (non-hydrogen) atoms. The summed E-state index contributed by atoms with van der Waals surface area (Å²) in [5.41, 5.74) is 0. The second-order valence-corrected chi connectivity index (χ2v) is 66.1. The molecule has 0 aromatic carbocycles. The molecule has 1 N–H and O–H groups in total. The van der Waals surface area contributed by atoms with Crippen LogP contribution in [0, 0.1) is 0 Å². The fraction of sp³-hybridized carbons (Fsp3) is 1.00. The SMILES string of the molecule is CC[N+]1=P(C)(Cl)N=P(C)(Cl)N=P1(C)Cl.CC[N+]1=P(Cl)(Cl)N=P(Cl)(Cl)N=P1(Cl)Cl.CN1P2(F)(F)N(C)P3(F)(F)N(C)P1(F)(F)[NH+]23.C[N+]1=P(C)(C)N=P(C)(C)N=P1(C)C. The fourth-order valence-corrected chi connectivity index (χ4v) is 85.8. The van der Waals surface area contributed by atoms with Crippen molar-refractivity contribution in [2.45, 2.75) is 13.8 Å². The van der Waals surface area contributed by atoms with Crippen molar-refractivity contribution >= 4 is 183 Å². The first-order valence-electron chi connectivity index (χ1n) is 15.9.